The number of nitrogens with zero attached hydrogens (tertiary/aromatic N) is 4. The van der Waals surface area contributed by atoms with E-state index in [0.717, 1.165) is 31.5 Å². The van der Waals surface area contributed by atoms with Crippen LogP contribution in [0, 0.1) is 11.6 Å². The van der Waals surface area contributed by atoms with Crippen molar-refractivity contribution in [3.63, 3.8) is 0 Å². The number of aromatic nitrogens is 2. The lowest BCUT2D eigenvalue weighted by Gasteiger charge is -2.25. The number of carbonyl (C=O) groups excluding carboxylic acids is 2. The van der Waals surface area contributed by atoms with Crippen LogP contribution in [0.5, 0.6) is 0 Å². The molecule has 0 bridgehead atoms. The van der Waals surface area contributed by atoms with Crippen LogP contribution in [-0.2, 0) is 22.6 Å². The van der Waals surface area contributed by atoms with E-state index in [4.69, 9.17) is 0 Å². The van der Waals surface area contributed by atoms with E-state index in [1.165, 1.54) is 6.07 Å². The second-order valence-electron chi connectivity index (χ2n) is 7.37. The van der Waals surface area contributed by atoms with E-state index in [9.17, 15) is 18.4 Å². The van der Waals surface area contributed by atoms with E-state index in [-0.39, 0.29) is 35.9 Å². The number of benzene rings is 1. The molecule has 2 aliphatic heterocycles. The molecule has 2 amide bonds. The zero-order valence-electron chi connectivity index (χ0n) is 15.4. The van der Waals surface area contributed by atoms with Crippen molar-refractivity contribution < 1.29 is 18.4 Å². The molecule has 2 atom stereocenters. The zero-order chi connectivity index (χ0) is 19.7. The van der Waals surface area contributed by atoms with Gasteiger partial charge in [0, 0.05) is 44.5 Å². The Morgan fingerprint density at radius 1 is 1.21 bits per heavy atom. The molecule has 2 aliphatic rings. The number of carbonyl (C=O) groups is 2. The van der Waals surface area contributed by atoms with Crippen LogP contribution in [0.4, 0.5) is 8.78 Å². The molecule has 3 heterocycles. The van der Waals surface area contributed by atoms with Gasteiger partial charge in [0.2, 0.25) is 11.8 Å². The number of hydrogen-bond donors (Lipinski definition) is 0. The maximum absolute atomic E-state index is 13.9. The van der Waals surface area contributed by atoms with Crippen LogP contribution in [0.25, 0.3) is 0 Å². The summed E-state index contributed by atoms with van der Waals surface area (Å²) in [7, 11) is 0. The van der Waals surface area contributed by atoms with Crippen molar-refractivity contribution in [2.24, 2.45) is 0 Å². The van der Waals surface area contributed by atoms with Crippen LogP contribution >= 0.6 is 0 Å². The molecular weight excluding hydrogens is 366 g/mol. The van der Waals surface area contributed by atoms with Gasteiger partial charge in [-0.05, 0) is 24.5 Å². The molecule has 2 saturated heterocycles. The van der Waals surface area contributed by atoms with Crippen LogP contribution in [-0.4, -0.2) is 56.3 Å². The number of halogens is 2. The lowest BCUT2D eigenvalue weighted by molar-refractivity contribution is -0.131. The summed E-state index contributed by atoms with van der Waals surface area (Å²) in [5.74, 6) is -1.53. The van der Waals surface area contributed by atoms with Crippen LogP contribution in [0.1, 0.15) is 24.8 Å². The molecule has 6 nitrogen and oxygen atoms in total. The average Bonchev–Trinajstić information content (AvgIpc) is 3.36. The molecule has 0 radical (unpaired) electrons. The van der Waals surface area contributed by atoms with E-state index in [0.29, 0.717) is 19.5 Å². The molecule has 148 valence electrons. The van der Waals surface area contributed by atoms with Crippen LogP contribution in [0.15, 0.2) is 36.9 Å². The van der Waals surface area contributed by atoms with Crippen molar-refractivity contribution >= 4 is 11.8 Å². The SMILES string of the molecule is O=C1C[C@H]2[C@H](CCN2C(=O)Cc2ccc(F)cc2F)N1CCCn1ccnc1. The summed E-state index contributed by atoms with van der Waals surface area (Å²) in [4.78, 5) is 32.8. The minimum atomic E-state index is -0.715. The fourth-order valence-electron chi connectivity index (χ4n) is 4.30. The highest BCUT2D eigenvalue weighted by Crippen LogP contribution is 2.33. The lowest BCUT2D eigenvalue weighted by atomic mass is 10.1. The minimum Gasteiger partial charge on any atom is -0.337 e. The van der Waals surface area contributed by atoms with Gasteiger partial charge in [-0.1, -0.05) is 6.07 Å². The van der Waals surface area contributed by atoms with E-state index in [2.05, 4.69) is 4.98 Å². The summed E-state index contributed by atoms with van der Waals surface area (Å²) in [6.45, 7) is 1.99. The Hall–Kier alpha value is -2.77. The third kappa shape index (κ3) is 3.63. The minimum absolute atomic E-state index is 0.0253. The van der Waals surface area contributed by atoms with Crippen molar-refractivity contribution in [1.29, 1.82) is 0 Å². The molecule has 0 N–H and O–H groups in total. The molecule has 4 rings (SSSR count). The molecule has 1 aromatic heterocycles. The first kappa shape index (κ1) is 18.6. The molecule has 28 heavy (non-hydrogen) atoms. The Morgan fingerprint density at radius 2 is 2.07 bits per heavy atom. The van der Waals surface area contributed by atoms with Gasteiger partial charge in [-0.25, -0.2) is 13.8 Å². The Kier molecular flexibility index (Phi) is 5.11. The third-order valence-corrected chi connectivity index (χ3v) is 5.67. The maximum atomic E-state index is 13.9. The molecule has 1 aromatic carbocycles. The molecule has 8 heteroatoms. The number of imidazole rings is 1. The normalized spacial score (nSPS) is 21.4. The first-order chi connectivity index (χ1) is 13.5. The molecule has 0 saturated carbocycles. The van der Waals surface area contributed by atoms with Gasteiger partial charge < -0.3 is 14.4 Å². The van der Waals surface area contributed by atoms with Gasteiger partial charge in [-0.3, -0.25) is 9.59 Å². The highest BCUT2D eigenvalue weighted by molar-refractivity contribution is 5.84. The molecule has 0 spiro atoms. The topological polar surface area (TPSA) is 58.4 Å². The van der Waals surface area contributed by atoms with Gasteiger partial charge >= 0.3 is 0 Å². The average molecular weight is 388 g/mol. The Morgan fingerprint density at radius 3 is 2.82 bits per heavy atom. The second kappa shape index (κ2) is 7.69. The monoisotopic (exact) mass is 388 g/mol. The van der Waals surface area contributed by atoms with Crippen molar-refractivity contribution in [3.8, 4) is 0 Å². The number of hydrogen-bond acceptors (Lipinski definition) is 3. The molecule has 2 fully saturated rings. The highest BCUT2D eigenvalue weighted by atomic mass is 19.1. The van der Waals surface area contributed by atoms with Crippen molar-refractivity contribution in [3.05, 3.63) is 54.1 Å². The third-order valence-electron chi connectivity index (χ3n) is 5.67. The largest absolute Gasteiger partial charge is 0.337 e. The Labute approximate surface area is 161 Å². The van der Waals surface area contributed by atoms with Gasteiger partial charge in [0.15, 0.2) is 0 Å². The Bertz CT molecular complexity index is 871. The number of fused-ring (bicyclic) bond motifs is 1. The number of rotatable bonds is 6. The first-order valence-electron chi connectivity index (χ1n) is 9.51. The second-order valence-corrected chi connectivity index (χ2v) is 7.37. The number of amides is 2. The summed E-state index contributed by atoms with van der Waals surface area (Å²) in [6.07, 6.45) is 7.11. The van der Waals surface area contributed by atoms with Gasteiger partial charge in [0.1, 0.15) is 11.6 Å². The number of likely N-dealkylation sites (tertiary alicyclic amines) is 2. The summed E-state index contributed by atoms with van der Waals surface area (Å²) in [6, 6.07) is 3.11. The van der Waals surface area contributed by atoms with E-state index in [1.807, 2.05) is 15.7 Å². The van der Waals surface area contributed by atoms with E-state index >= 15 is 0 Å². The lowest BCUT2D eigenvalue weighted by Crippen LogP contribution is -2.41. The van der Waals surface area contributed by atoms with Crippen LogP contribution < -0.4 is 0 Å². The number of aryl methyl sites for hydroxylation is 1. The quantitative estimate of drug-likeness (QED) is 0.761. The van der Waals surface area contributed by atoms with E-state index in [1.54, 1.807) is 17.4 Å². The smallest absolute Gasteiger partial charge is 0.227 e. The predicted molar refractivity (Wildman–Crippen MR) is 97.1 cm³/mol. The summed E-state index contributed by atoms with van der Waals surface area (Å²) < 4.78 is 28.9. The van der Waals surface area contributed by atoms with Crippen LogP contribution in [0.2, 0.25) is 0 Å². The van der Waals surface area contributed by atoms with Crippen molar-refractivity contribution in [2.75, 3.05) is 13.1 Å². The summed E-state index contributed by atoms with van der Waals surface area (Å²) in [5.41, 5.74) is 0.177. The zero-order valence-corrected chi connectivity index (χ0v) is 15.4. The van der Waals surface area contributed by atoms with Gasteiger partial charge in [-0.15, -0.1) is 0 Å². The highest BCUT2D eigenvalue weighted by Gasteiger charge is 2.47. The van der Waals surface area contributed by atoms with Gasteiger partial charge in [0.25, 0.3) is 0 Å². The Balaban J connectivity index is 1.36. The first-order valence-corrected chi connectivity index (χ1v) is 9.51. The maximum Gasteiger partial charge on any atom is 0.227 e. The fourth-order valence-corrected chi connectivity index (χ4v) is 4.30. The molecular formula is C20H22F2N4O2. The standard InChI is InChI=1S/C20H22F2N4O2/c21-15-3-2-14(16(22)11-15)10-19(27)26-8-4-17-18(26)12-20(28)25(17)7-1-6-24-9-5-23-13-24/h2-3,5,9,11,13,17-18H,1,4,6-8,10,12H2/t17-,18-/m0/s1. The fraction of sp³-hybridized carbons (Fsp3) is 0.450. The van der Waals surface area contributed by atoms with E-state index < -0.39 is 11.6 Å². The molecule has 0 aliphatic carbocycles. The summed E-state index contributed by atoms with van der Waals surface area (Å²) in [5, 5.41) is 0. The van der Waals surface area contributed by atoms with Crippen molar-refractivity contribution in [1.82, 2.24) is 19.4 Å². The summed E-state index contributed by atoms with van der Waals surface area (Å²) >= 11 is 0. The molecule has 0 unspecified atom stereocenters. The van der Waals surface area contributed by atoms with Crippen LogP contribution in [0.3, 0.4) is 0 Å². The molecule has 2 aromatic rings. The predicted octanol–water partition coefficient (Wildman–Crippen LogP) is 2.00. The van der Waals surface area contributed by atoms with Gasteiger partial charge in [-0.2, -0.15) is 0 Å². The van der Waals surface area contributed by atoms with Gasteiger partial charge in [0.05, 0.1) is 24.8 Å². The van der Waals surface area contributed by atoms with Crippen molar-refractivity contribution in [2.45, 2.75) is 44.3 Å².